The minimum Gasteiger partial charge on any atom is -0.297 e. The van der Waals surface area contributed by atoms with E-state index in [1.165, 1.54) is 17.4 Å². The molecule has 3 aromatic rings. The Morgan fingerprint density at radius 3 is 2.92 bits per heavy atom. The fourth-order valence-corrected chi connectivity index (χ4v) is 3.93. The molecule has 0 unspecified atom stereocenters. The Hall–Kier alpha value is -2.12. The van der Waals surface area contributed by atoms with Crippen LogP contribution in [0.5, 0.6) is 0 Å². The third kappa shape index (κ3) is 3.62. The lowest BCUT2D eigenvalue weighted by atomic mass is 10.1. The fourth-order valence-electron chi connectivity index (χ4n) is 2.84. The van der Waals surface area contributed by atoms with Crippen LogP contribution in [0.4, 0.5) is 0 Å². The SMILES string of the molecule is C[C@@H](Cc1ccccn1)N(C)Cc1cc(=O)n2nc(C3CC3)sc2n1. The molecule has 1 saturated carbocycles. The van der Waals surface area contributed by atoms with Gasteiger partial charge in [0.1, 0.15) is 5.01 Å². The second-order valence-electron chi connectivity index (χ2n) is 6.78. The molecule has 0 radical (unpaired) electrons. The van der Waals surface area contributed by atoms with E-state index in [9.17, 15) is 4.79 Å². The molecule has 3 aromatic heterocycles. The minimum atomic E-state index is -0.0890. The number of hydrogen-bond acceptors (Lipinski definition) is 6. The van der Waals surface area contributed by atoms with Crippen LogP contribution < -0.4 is 5.56 Å². The second-order valence-corrected chi connectivity index (χ2v) is 7.77. The van der Waals surface area contributed by atoms with E-state index in [2.05, 4.69) is 33.9 Å². The Bertz CT molecular complexity index is 932. The zero-order valence-electron chi connectivity index (χ0n) is 14.4. The van der Waals surface area contributed by atoms with Crippen molar-refractivity contribution < 1.29 is 0 Å². The molecule has 7 heteroatoms. The van der Waals surface area contributed by atoms with Gasteiger partial charge in [0.2, 0.25) is 4.96 Å². The summed E-state index contributed by atoms with van der Waals surface area (Å²) in [4.78, 5) is 24.3. The van der Waals surface area contributed by atoms with Crippen LogP contribution in [0.3, 0.4) is 0 Å². The van der Waals surface area contributed by atoms with Crippen LogP contribution >= 0.6 is 11.3 Å². The van der Waals surface area contributed by atoms with Gasteiger partial charge in [-0.25, -0.2) is 4.98 Å². The van der Waals surface area contributed by atoms with Crippen molar-refractivity contribution in [2.45, 2.75) is 44.7 Å². The smallest absolute Gasteiger partial charge is 0.275 e. The van der Waals surface area contributed by atoms with E-state index in [0.29, 0.717) is 23.5 Å². The Morgan fingerprint density at radius 2 is 2.20 bits per heavy atom. The highest BCUT2D eigenvalue weighted by Crippen LogP contribution is 2.41. The average Bonchev–Trinajstić information content (AvgIpc) is 3.35. The average molecular weight is 355 g/mol. The number of fused-ring (bicyclic) bond motifs is 1. The minimum absolute atomic E-state index is 0.0890. The van der Waals surface area contributed by atoms with Crippen molar-refractivity contribution in [2.24, 2.45) is 0 Å². The molecule has 0 spiro atoms. The first kappa shape index (κ1) is 16.4. The molecule has 0 amide bonds. The Labute approximate surface area is 150 Å². The quantitative estimate of drug-likeness (QED) is 0.680. The molecule has 3 heterocycles. The van der Waals surface area contributed by atoms with E-state index in [0.717, 1.165) is 22.8 Å². The maximum Gasteiger partial charge on any atom is 0.275 e. The molecule has 6 nitrogen and oxygen atoms in total. The highest BCUT2D eigenvalue weighted by atomic mass is 32.1. The van der Waals surface area contributed by atoms with Crippen LogP contribution in [0.2, 0.25) is 0 Å². The lowest BCUT2D eigenvalue weighted by Gasteiger charge is -2.24. The number of aromatic nitrogens is 4. The molecule has 0 bridgehead atoms. The zero-order chi connectivity index (χ0) is 17.4. The number of likely N-dealkylation sites (N-methyl/N-ethyl adjacent to an activating group) is 1. The monoisotopic (exact) mass is 355 g/mol. The predicted octanol–water partition coefficient (Wildman–Crippen LogP) is 2.49. The highest BCUT2D eigenvalue weighted by molar-refractivity contribution is 7.16. The molecular weight excluding hydrogens is 334 g/mol. The summed E-state index contributed by atoms with van der Waals surface area (Å²) in [5.74, 6) is 0.538. The third-order valence-electron chi connectivity index (χ3n) is 4.63. The van der Waals surface area contributed by atoms with Gasteiger partial charge in [0.25, 0.3) is 5.56 Å². The second kappa shape index (κ2) is 6.65. The normalized spacial score (nSPS) is 15.8. The van der Waals surface area contributed by atoms with Crippen LogP contribution in [0.15, 0.2) is 35.3 Å². The van der Waals surface area contributed by atoms with Gasteiger partial charge in [0.15, 0.2) is 0 Å². The van der Waals surface area contributed by atoms with E-state index in [-0.39, 0.29) is 5.56 Å². The van der Waals surface area contributed by atoms with Gasteiger partial charge in [-0.2, -0.15) is 9.61 Å². The van der Waals surface area contributed by atoms with E-state index in [4.69, 9.17) is 0 Å². The summed E-state index contributed by atoms with van der Waals surface area (Å²) >= 11 is 1.55. The summed E-state index contributed by atoms with van der Waals surface area (Å²) in [6, 6.07) is 7.88. The number of hydrogen-bond donors (Lipinski definition) is 0. The van der Waals surface area contributed by atoms with Crippen LogP contribution in [0.25, 0.3) is 4.96 Å². The number of pyridine rings is 1. The Morgan fingerprint density at radius 1 is 1.36 bits per heavy atom. The van der Waals surface area contributed by atoms with Gasteiger partial charge in [0.05, 0.1) is 5.69 Å². The van der Waals surface area contributed by atoms with Crippen molar-refractivity contribution in [3.63, 3.8) is 0 Å². The first-order valence-electron chi connectivity index (χ1n) is 8.60. The van der Waals surface area contributed by atoms with Crippen molar-refractivity contribution >= 4 is 16.3 Å². The summed E-state index contributed by atoms with van der Waals surface area (Å²) in [5, 5.41) is 5.46. The molecule has 25 heavy (non-hydrogen) atoms. The molecule has 4 rings (SSSR count). The maximum absolute atomic E-state index is 12.3. The van der Waals surface area contributed by atoms with Crippen LogP contribution in [0, 0.1) is 0 Å². The van der Waals surface area contributed by atoms with Crippen molar-refractivity contribution in [2.75, 3.05) is 7.05 Å². The van der Waals surface area contributed by atoms with E-state index < -0.39 is 0 Å². The largest absolute Gasteiger partial charge is 0.297 e. The van der Waals surface area contributed by atoms with Gasteiger partial charge in [-0.3, -0.25) is 14.7 Å². The van der Waals surface area contributed by atoms with E-state index in [1.54, 1.807) is 17.4 Å². The summed E-state index contributed by atoms with van der Waals surface area (Å²) in [6.07, 6.45) is 5.04. The van der Waals surface area contributed by atoms with Crippen LogP contribution in [0.1, 0.15) is 42.1 Å². The van der Waals surface area contributed by atoms with E-state index >= 15 is 0 Å². The van der Waals surface area contributed by atoms with Gasteiger partial charge in [-0.15, -0.1) is 0 Å². The van der Waals surface area contributed by atoms with Gasteiger partial charge >= 0.3 is 0 Å². The topological polar surface area (TPSA) is 63.4 Å². The summed E-state index contributed by atoms with van der Waals surface area (Å²) in [5.41, 5.74) is 1.78. The van der Waals surface area contributed by atoms with Crippen LogP contribution in [-0.4, -0.2) is 37.6 Å². The van der Waals surface area contributed by atoms with Gasteiger partial charge in [0, 0.05) is 42.9 Å². The Balaban J connectivity index is 1.50. The maximum atomic E-state index is 12.3. The van der Waals surface area contributed by atoms with Crippen LogP contribution in [-0.2, 0) is 13.0 Å². The molecule has 0 saturated heterocycles. The van der Waals surface area contributed by atoms with Crippen molar-refractivity contribution in [3.05, 3.63) is 57.2 Å². The van der Waals surface area contributed by atoms with Crippen molar-refractivity contribution in [1.29, 1.82) is 0 Å². The van der Waals surface area contributed by atoms with Crippen molar-refractivity contribution in [1.82, 2.24) is 24.5 Å². The summed E-state index contributed by atoms with van der Waals surface area (Å²) in [6.45, 7) is 2.80. The van der Waals surface area contributed by atoms with Crippen molar-refractivity contribution in [3.8, 4) is 0 Å². The van der Waals surface area contributed by atoms with Gasteiger partial charge in [-0.05, 0) is 38.9 Å². The first-order chi connectivity index (χ1) is 12.1. The molecule has 1 atom stereocenters. The lowest BCUT2D eigenvalue weighted by molar-refractivity contribution is 0.244. The Kier molecular flexibility index (Phi) is 4.35. The molecule has 0 N–H and O–H groups in total. The standard InChI is InChI=1S/C18H21N5OS/c1-12(9-14-5-3-4-8-19-14)22(2)11-15-10-16(24)23-18(20-15)25-17(21-23)13-6-7-13/h3-5,8,10,12-13H,6-7,9,11H2,1-2H3/t12-/m0/s1. The lowest BCUT2D eigenvalue weighted by Crippen LogP contribution is -2.31. The molecular formula is C18H21N5OS. The molecule has 0 aliphatic heterocycles. The molecule has 1 aliphatic carbocycles. The fraction of sp³-hybridized carbons (Fsp3) is 0.444. The summed E-state index contributed by atoms with van der Waals surface area (Å²) in [7, 11) is 2.05. The van der Waals surface area contributed by atoms with Gasteiger partial charge in [-0.1, -0.05) is 17.4 Å². The zero-order valence-corrected chi connectivity index (χ0v) is 15.2. The third-order valence-corrected chi connectivity index (χ3v) is 5.71. The number of rotatable bonds is 6. The first-order valence-corrected chi connectivity index (χ1v) is 9.41. The molecule has 1 fully saturated rings. The number of nitrogens with zero attached hydrogens (tertiary/aromatic N) is 5. The molecule has 1 aliphatic rings. The van der Waals surface area contributed by atoms with Gasteiger partial charge < -0.3 is 0 Å². The highest BCUT2D eigenvalue weighted by Gasteiger charge is 2.28. The molecule has 130 valence electrons. The summed E-state index contributed by atoms with van der Waals surface area (Å²) < 4.78 is 1.44. The van der Waals surface area contributed by atoms with E-state index in [1.807, 2.05) is 24.4 Å². The predicted molar refractivity (Wildman–Crippen MR) is 98.0 cm³/mol. The molecule has 0 aromatic carbocycles.